The number of ether oxygens (including phenoxy) is 1. The number of likely N-dealkylation sites (N-methyl/N-ethyl adjacent to an activating group) is 1. The number of quaternary nitrogens is 1. The molecule has 1 amide bonds. The Balaban J connectivity index is 1.99. The van der Waals surface area contributed by atoms with Crippen LogP contribution in [0.1, 0.15) is 38.6 Å². The second kappa shape index (κ2) is 8.19. The number of esters is 1. The lowest BCUT2D eigenvalue weighted by atomic mass is 10.1. The lowest BCUT2D eigenvalue weighted by molar-refractivity contribution is -0.886. The van der Waals surface area contributed by atoms with Crippen molar-refractivity contribution in [3.63, 3.8) is 0 Å². The van der Waals surface area contributed by atoms with Gasteiger partial charge in [-0.15, -0.1) is 0 Å². The van der Waals surface area contributed by atoms with Crippen molar-refractivity contribution in [1.29, 1.82) is 0 Å². The molecule has 1 atom stereocenters. The van der Waals surface area contributed by atoms with Gasteiger partial charge in [-0.1, -0.05) is 17.7 Å². The molecule has 1 unspecified atom stereocenters. The summed E-state index contributed by atoms with van der Waals surface area (Å²) in [4.78, 5) is 25.0. The van der Waals surface area contributed by atoms with E-state index in [0.29, 0.717) is 30.2 Å². The number of carbonyl (C=O) groups excluding carboxylic acids is 2. The first kappa shape index (κ1) is 19.7. The van der Waals surface area contributed by atoms with E-state index in [1.807, 2.05) is 27.8 Å². The Kier molecular flexibility index (Phi) is 6.21. The molecule has 26 heavy (non-hydrogen) atoms. The van der Waals surface area contributed by atoms with Crippen LogP contribution < -0.4 is 10.2 Å². The van der Waals surface area contributed by atoms with E-state index in [-0.39, 0.29) is 5.91 Å². The molecule has 1 aromatic heterocycles. The number of nitrogens with one attached hydrogen (secondary N) is 2. The monoisotopic (exact) mass is 359 g/mol. The van der Waals surface area contributed by atoms with Gasteiger partial charge in [-0.05, 0) is 38.8 Å². The lowest BCUT2D eigenvalue weighted by Crippen LogP contribution is -3.08. The van der Waals surface area contributed by atoms with Gasteiger partial charge in [0.1, 0.15) is 17.9 Å². The third-order valence-corrected chi connectivity index (χ3v) is 4.25. The maximum atomic E-state index is 12.4. The van der Waals surface area contributed by atoms with Gasteiger partial charge in [0.25, 0.3) is 5.91 Å². The van der Waals surface area contributed by atoms with Crippen LogP contribution in [0.3, 0.4) is 0 Å². The number of hydrogen-bond donors (Lipinski definition) is 2. The van der Waals surface area contributed by atoms with Crippen LogP contribution in [-0.4, -0.2) is 32.6 Å². The van der Waals surface area contributed by atoms with Crippen LogP contribution >= 0.6 is 0 Å². The van der Waals surface area contributed by atoms with E-state index in [1.54, 1.807) is 13.0 Å². The molecule has 2 rings (SSSR count). The predicted octanol–water partition coefficient (Wildman–Crippen LogP) is 1.95. The highest BCUT2D eigenvalue weighted by atomic mass is 16.5. The average Bonchev–Trinajstić information content (AvgIpc) is 2.90. The summed E-state index contributed by atoms with van der Waals surface area (Å²) in [5, 5.41) is 3.00. The summed E-state index contributed by atoms with van der Waals surface area (Å²) >= 11 is 0. The fourth-order valence-electron chi connectivity index (χ4n) is 3.14. The van der Waals surface area contributed by atoms with Crippen LogP contribution in [-0.2, 0) is 16.1 Å². The number of hydrogen-bond acceptors (Lipinski definition) is 4. The van der Waals surface area contributed by atoms with Gasteiger partial charge in [-0.3, -0.25) is 4.79 Å². The summed E-state index contributed by atoms with van der Waals surface area (Å²) in [5.41, 5.74) is 4.58. The number of methoxy groups -OCH3 is 1. The van der Waals surface area contributed by atoms with Crippen LogP contribution in [0.15, 0.2) is 22.6 Å². The van der Waals surface area contributed by atoms with Crippen molar-refractivity contribution in [2.75, 3.05) is 26.0 Å². The zero-order valence-electron chi connectivity index (χ0n) is 16.3. The molecule has 1 aromatic carbocycles. The van der Waals surface area contributed by atoms with E-state index in [0.717, 1.165) is 21.7 Å². The molecule has 2 aromatic rings. The van der Waals surface area contributed by atoms with Crippen molar-refractivity contribution >= 4 is 17.6 Å². The predicted molar refractivity (Wildman–Crippen MR) is 99.5 cm³/mol. The average molecular weight is 359 g/mol. The van der Waals surface area contributed by atoms with Crippen molar-refractivity contribution in [1.82, 2.24) is 0 Å². The van der Waals surface area contributed by atoms with Gasteiger partial charge >= 0.3 is 5.97 Å². The third kappa shape index (κ3) is 4.73. The van der Waals surface area contributed by atoms with E-state index in [9.17, 15) is 9.59 Å². The zero-order chi connectivity index (χ0) is 19.4. The largest absolute Gasteiger partial charge is 0.465 e. The summed E-state index contributed by atoms with van der Waals surface area (Å²) in [7, 11) is 3.25. The molecule has 0 aliphatic rings. The highest BCUT2D eigenvalue weighted by molar-refractivity contribution is 5.93. The number of benzene rings is 1. The van der Waals surface area contributed by atoms with Gasteiger partial charge < -0.3 is 19.4 Å². The van der Waals surface area contributed by atoms with Gasteiger partial charge in [-0.2, -0.15) is 0 Å². The molecule has 6 nitrogen and oxygen atoms in total. The Labute approximate surface area is 154 Å². The van der Waals surface area contributed by atoms with Gasteiger partial charge in [0.2, 0.25) is 0 Å². The summed E-state index contributed by atoms with van der Waals surface area (Å²) in [6.07, 6.45) is 0. The van der Waals surface area contributed by atoms with Crippen LogP contribution in [0.25, 0.3) is 0 Å². The molecule has 0 spiro atoms. The van der Waals surface area contributed by atoms with Gasteiger partial charge in [0.15, 0.2) is 12.3 Å². The highest BCUT2D eigenvalue weighted by Crippen LogP contribution is 2.21. The molecule has 1 heterocycles. The summed E-state index contributed by atoms with van der Waals surface area (Å²) in [6.45, 7) is 8.54. The number of amides is 1. The first-order valence-electron chi connectivity index (χ1n) is 8.58. The van der Waals surface area contributed by atoms with E-state index in [4.69, 9.17) is 9.15 Å². The highest BCUT2D eigenvalue weighted by Gasteiger charge is 2.19. The minimum absolute atomic E-state index is 0.0611. The van der Waals surface area contributed by atoms with E-state index < -0.39 is 5.97 Å². The van der Waals surface area contributed by atoms with Crippen molar-refractivity contribution in [3.05, 3.63) is 52.0 Å². The lowest BCUT2D eigenvalue weighted by Gasteiger charge is -2.15. The minimum Gasteiger partial charge on any atom is -0.465 e. The van der Waals surface area contributed by atoms with E-state index in [2.05, 4.69) is 17.4 Å². The molecule has 0 aliphatic carbocycles. The number of anilines is 1. The standard InChI is InChI=1S/C20H26N2O4/c1-12-7-13(2)19(14(3)8-12)21-18(23)11-22(5)10-16-9-17(15(4)26-16)20(24)25-6/h7-9H,10-11H2,1-6H3,(H,21,23)/p+1. The fourth-order valence-corrected chi connectivity index (χ4v) is 3.14. The van der Waals surface area contributed by atoms with Gasteiger partial charge in [0, 0.05) is 11.8 Å². The van der Waals surface area contributed by atoms with Gasteiger partial charge in [0.05, 0.1) is 14.2 Å². The van der Waals surface area contributed by atoms with Crippen LogP contribution in [0, 0.1) is 27.7 Å². The Morgan fingerprint density at radius 2 is 1.73 bits per heavy atom. The molecule has 0 radical (unpaired) electrons. The molecular weight excluding hydrogens is 332 g/mol. The smallest absolute Gasteiger partial charge is 0.341 e. The number of aryl methyl sites for hydroxylation is 4. The fraction of sp³-hybridized carbons (Fsp3) is 0.400. The molecule has 6 heteroatoms. The third-order valence-electron chi connectivity index (χ3n) is 4.25. The zero-order valence-corrected chi connectivity index (χ0v) is 16.3. The molecule has 2 N–H and O–H groups in total. The normalized spacial score (nSPS) is 11.9. The first-order chi connectivity index (χ1) is 12.2. The molecule has 0 fully saturated rings. The number of carbonyl (C=O) groups is 2. The van der Waals surface area contributed by atoms with Crippen molar-refractivity contribution in [2.45, 2.75) is 34.2 Å². The Bertz CT molecular complexity index is 800. The van der Waals surface area contributed by atoms with Crippen molar-refractivity contribution in [3.8, 4) is 0 Å². The van der Waals surface area contributed by atoms with Crippen LogP contribution in [0.2, 0.25) is 0 Å². The molecule has 0 saturated carbocycles. The topological polar surface area (TPSA) is 73.0 Å². The number of furan rings is 1. The Hall–Kier alpha value is -2.60. The molecular formula is C20H27N2O4+. The Morgan fingerprint density at radius 3 is 2.31 bits per heavy atom. The molecule has 0 bridgehead atoms. The van der Waals surface area contributed by atoms with E-state index >= 15 is 0 Å². The second-order valence-electron chi connectivity index (χ2n) is 6.81. The van der Waals surface area contributed by atoms with Crippen molar-refractivity contribution in [2.24, 2.45) is 0 Å². The maximum Gasteiger partial charge on any atom is 0.341 e. The Morgan fingerprint density at radius 1 is 1.12 bits per heavy atom. The van der Waals surface area contributed by atoms with Crippen LogP contribution in [0.5, 0.6) is 0 Å². The van der Waals surface area contributed by atoms with Crippen LogP contribution in [0.4, 0.5) is 5.69 Å². The minimum atomic E-state index is -0.418. The molecule has 0 aliphatic heterocycles. The van der Waals surface area contributed by atoms with E-state index in [1.165, 1.54) is 12.7 Å². The number of rotatable bonds is 6. The second-order valence-corrected chi connectivity index (χ2v) is 6.81. The summed E-state index contributed by atoms with van der Waals surface area (Å²) in [5.74, 6) is 0.693. The van der Waals surface area contributed by atoms with Gasteiger partial charge in [-0.25, -0.2) is 4.79 Å². The first-order valence-corrected chi connectivity index (χ1v) is 8.58. The summed E-state index contributed by atoms with van der Waals surface area (Å²) < 4.78 is 10.3. The maximum absolute atomic E-state index is 12.4. The quantitative estimate of drug-likeness (QED) is 0.774. The SMILES string of the molecule is COC(=O)c1cc(C[NH+](C)CC(=O)Nc2c(C)cc(C)cc2C)oc1C. The molecule has 0 saturated heterocycles. The van der Waals surface area contributed by atoms with Crippen molar-refractivity contribution < 1.29 is 23.6 Å². The molecule has 140 valence electrons. The summed E-state index contributed by atoms with van der Waals surface area (Å²) in [6, 6.07) is 5.79.